The van der Waals surface area contributed by atoms with Crippen LogP contribution in [0.15, 0.2) is 11.6 Å². The van der Waals surface area contributed by atoms with Crippen LogP contribution in [0.4, 0.5) is 0 Å². The minimum absolute atomic E-state index is 0.229. The maximum absolute atomic E-state index is 5.78. The zero-order valence-electron chi connectivity index (χ0n) is 7.43. The zero-order valence-corrected chi connectivity index (χ0v) is 7.43. The topological polar surface area (TPSA) is 38.0 Å². The van der Waals surface area contributed by atoms with Gasteiger partial charge in [-0.05, 0) is 12.3 Å². The summed E-state index contributed by atoms with van der Waals surface area (Å²) in [5.74, 6) is 0.689. The summed E-state index contributed by atoms with van der Waals surface area (Å²) in [6.07, 6.45) is 3.42. The first kappa shape index (κ1) is 8.75. The number of hydrogen-bond acceptors (Lipinski definition) is 2. The Morgan fingerprint density at radius 3 is 3.09 bits per heavy atom. The van der Waals surface area contributed by atoms with Crippen LogP contribution in [-0.2, 0) is 0 Å². The van der Waals surface area contributed by atoms with Crippen LogP contribution in [0.2, 0.25) is 0 Å². The molecule has 2 unspecified atom stereocenters. The molecule has 1 rings (SSSR count). The quantitative estimate of drug-likeness (QED) is 0.580. The summed E-state index contributed by atoms with van der Waals surface area (Å²) in [7, 11) is 0. The first-order valence-electron chi connectivity index (χ1n) is 4.41. The summed E-state index contributed by atoms with van der Waals surface area (Å²) in [5.41, 5.74) is 7.26. The van der Waals surface area contributed by atoms with Crippen LogP contribution in [0.25, 0.3) is 0 Å². The SMILES string of the molecule is CCC(C)C1=CC(N)CNC1. The molecule has 0 fully saturated rings. The summed E-state index contributed by atoms with van der Waals surface area (Å²) in [6.45, 7) is 6.43. The molecule has 0 aromatic rings. The molecule has 1 aliphatic rings. The molecular weight excluding hydrogens is 136 g/mol. The number of hydrogen-bond donors (Lipinski definition) is 2. The lowest BCUT2D eigenvalue weighted by Crippen LogP contribution is -2.39. The summed E-state index contributed by atoms with van der Waals surface area (Å²) in [6, 6.07) is 0.229. The second-order valence-corrected chi connectivity index (χ2v) is 3.35. The van der Waals surface area contributed by atoms with Crippen LogP contribution in [0.3, 0.4) is 0 Å². The van der Waals surface area contributed by atoms with Crippen molar-refractivity contribution in [1.82, 2.24) is 5.32 Å². The van der Waals surface area contributed by atoms with Gasteiger partial charge in [0.1, 0.15) is 0 Å². The third kappa shape index (κ3) is 2.31. The third-order valence-electron chi connectivity index (χ3n) is 2.38. The van der Waals surface area contributed by atoms with Gasteiger partial charge in [0, 0.05) is 19.1 Å². The predicted octanol–water partition coefficient (Wildman–Crippen LogP) is 0.889. The highest BCUT2D eigenvalue weighted by Crippen LogP contribution is 2.15. The van der Waals surface area contributed by atoms with Crippen molar-refractivity contribution in [2.75, 3.05) is 13.1 Å². The van der Waals surface area contributed by atoms with E-state index < -0.39 is 0 Å². The molecule has 2 atom stereocenters. The molecule has 0 radical (unpaired) electrons. The van der Waals surface area contributed by atoms with Gasteiger partial charge in [0.05, 0.1) is 0 Å². The molecule has 3 N–H and O–H groups in total. The van der Waals surface area contributed by atoms with E-state index in [2.05, 4.69) is 25.2 Å². The van der Waals surface area contributed by atoms with Gasteiger partial charge in [-0.1, -0.05) is 25.5 Å². The highest BCUT2D eigenvalue weighted by atomic mass is 14.9. The van der Waals surface area contributed by atoms with E-state index in [-0.39, 0.29) is 6.04 Å². The third-order valence-corrected chi connectivity index (χ3v) is 2.38. The second-order valence-electron chi connectivity index (χ2n) is 3.35. The molecule has 0 saturated carbocycles. The van der Waals surface area contributed by atoms with Crippen molar-refractivity contribution in [3.63, 3.8) is 0 Å². The van der Waals surface area contributed by atoms with E-state index in [0.29, 0.717) is 5.92 Å². The van der Waals surface area contributed by atoms with Crippen molar-refractivity contribution in [1.29, 1.82) is 0 Å². The van der Waals surface area contributed by atoms with E-state index in [1.54, 1.807) is 0 Å². The summed E-state index contributed by atoms with van der Waals surface area (Å²) in [5, 5.41) is 3.31. The summed E-state index contributed by atoms with van der Waals surface area (Å²) >= 11 is 0. The van der Waals surface area contributed by atoms with Gasteiger partial charge in [0.2, 0.25) is 0 Å². The minimum Gasteiger partial charge on any atom is -0.323 e. The Bertz CT molecular complexity index is 152. The predicted molar refractivity (Wildman–Crippen MR) is 48.4 cm³/mol. The average Bonchev–Trinajstić information content (AvgIpc) is 2.03. The molecule has 2 nitrogen and oxygen atoms in total. The molecule has 11 heavy (non-hydrogen) atoms. The molecule has 0 aromatic carbocycles. The minimum atomic E-state index is 0.229. The lowest BCUT2D eigenvalue weighted by Gasteiger charge is -2.22. The van der Waals surface area contributed by atoms with Crippen LogP contribution in [0, 0.1) is 5.92 Å². The normalized spacial score (nSPS) is 27.9. The van der Waals surface area contributed by atoms with Crippen molar-refractivity contribution in [3.8, 4) is 0 Å². The van der Waals surface area contributed by atoms with Gasteiger partial charge in [0.15, 0.2) is 0 Å². The van der Waals surface area contributed by atoms with Gasteiger partial charge in [-0.2, -0.15) is 0 Å². The van der Waals surface area contributed by atoms with Crippen LogP contribution in [-0.4, -0.2) is 19.1 Å². The number of nitrogens with one attached hydrogen (secondary N) is 1. The van der Waals surface area contributed by atoms with E-state index in [4.69, 9.17) is 5.73 Å². The fourth-order valence-electron chi connectivity index (χ4n) is 1.38. The lowest BCUT2D eigenvalue weighted by atomic mass is 9.94. The van der Waals surface area contributed by atoms with Crippen molar-refractivity contribution < 1.29 is 0 Å². The Balaban J connectivity index is 2.55. The van der Waals surface area contributed by atoms with E-state index in [1.807, 2.05) is 0 Å². The molecule has 0 aromatic heterocycles. The molecule has 0 spiro atoms. The van der Waals surface area contributed by atoms with Crippen LogP contribution < -0.4 is 11.1 Å². The molecule has 1 heterocycles. The average molecular weight is 154 g/mol. The number of nitrogens with two attached hydrogens (primary N) is 1. The van der Waals surface area contributed by atoms with Crippen molar-refractivity contribution >= 4 is 0 Å². The maximum atomic E-state index is 5.78. The first-order chi connectivity index (χ1) is 5.24. The molecule has 0 amide bonds. The molecule has 64 valence electrons. The monoisotopic (exact) mass is 154 g/mol. The highest BCUT2D eigenvalue weighted by Gasteiger charge is 2.12. The van der Waals surface area contributed by atoms with Crippen molar-refractivity contribution in [3.05, 3.63) is 11.6 Å². The van der Waals surface area contributed by atoms with Crippen LogP contribution in [0.1, 0.15) is 20.3 Å². The van der Waals surface area contributed by atoms with Gasteiger partial charge >= 0.3 is 0 Å². The summed E-state index contributed by atoms with van der Waals surface area (Å²) in [4.78, 5) is 0. The Labute approximate surface area is 68.9 Å². The lowest BCUT2D eigenvalue weighted by molar-refractivity contribution is 0.555. The fraction of sp³-hybridized carbons (Fsp3) is 0.778. The first-order valence-corrected chi connectivity index (χ1v) is 4.41. The molecule has 0 aliphatic carbocycles. The van der Waals surface area contributed by atoms with E-state index >= 15 is 0 Å². The Morgan fingerprint density at radius 2 is 2.55 bits per heavy atom. The second kappa shape index (κ2) is 3.88. The van der Waals surface area contributed by atoms with Crippen molar-refractivity contribution in [2.45, 2.75) is 26.3 Å². The van der Waals surface area contributed by atoms with Gasteiger partial charge < -0.3 is 11.1 Å². The van der Waals surface area contributed by atoms with E-state index in [0.717, 1.165) is 13.1 Å². The van der Waals surface area contributed by atoms with Crippen LogP contribution >= 0.6 is 0 Å². The molecule has 0 saturated heterocycles. The smallest absolute Gasteiger partial charge is 0.0354 e. The van der Waals surface area contributed by atoms with Gasteiger partial charge in [-0.3, -0.25) is 0 Å². The van der Waals surface area contributed by atoms with Crippen molar-refractivity contribution in [2.24, 2.45) is 11.7 Å². The Morgan fingerprint density at radius 1 is 1.82 bits per heavy atom. The maximum Gasteiger partial charge on any atom is 0.0354 e. The number of rotatable bonds is 2. The molecule has 1 aliphatic heterocycles. The largest absolute Gasteiger partial charge is 0.323 e. The van der Waals surface area contributed by atoms with Gasteiger partial charge in [-0.15, -0.1) is 0 Å². The van der Waals surface area contributed by atoms with Gasteiger partial charge in [-0.25, -0.2) is 0 Å². The fourth-order valence-corrected chi connectivity index (χ4v) is 1.38. The van der Waals surface area contributed by atoms with Crippen LogP contribution in [0.5, 0.6) is 0 Å². The van der Waals surface area contributed by atoms with Gasteiger partial charge in [0.25, 0.3) is 0 Å². The summed E-state index contributed by atoms with van der Waals surface area (Å²) < 4.78 is 0. The standard InChI is InChI=1S/C9H18N2/c1-3-7(2)8-4-9(10)6-11-5-8/h4,7,9,11H,3,5-6,10H2,1-2H3. The zero-order chi connectivity index (χ0) is 8.27. The Kier molecular flexibility index (Phi) is 3.09. The molecular formula is C9H18N2. The highest BCUT2D eigenvalue weighted by molar-refractivity contribution is 5.14. The van der Waals surface area contributed by atoms with E-state index in [1.165, 1.54) is 12.0 Å². The molecule has 0 bridgehead atoms. The Hall–Kier alpha value is -0.340. The molecule has 2 heteroatoms. The van der Waals surface area contributed by atoms with E-state index in [9.17, 15) is 0 Å².